The van der Waals surface area contributed by atoms with E-state index in [1.807, 2.05) is 19.9 Å². The lowest BCUT2D eigenvalue weighted by atomic mass is 9.74. The molecule has 1 aliphatic heterocycles. The highest BCUT2D eigenvalue weighted by atomic mass is 16.7. The second-order valence-corrected chi connectivity index (χ2v) is 8.65. The predicted molar refractivity (Wildman–Crippen MR) is 128 cm³/mol. The molecule has 1 aromatic carbocycles. The summed E-state index contributed by atoms with van der Waals surface area (Å²) in [6.45, 7) is 3.29. The molecule has 2 amide bonds. The van der Waals surface area contributed by atoms with Gasteiger partial charge in [0.2, 0.25) is 5.91 Å². The summed E-state index contributed by atoms with van der Waals surface area (Å²) < 4.78 is 10.7. The number of carboxylic acid groups (broad SMARTS) is 2. The molecule has 1 fully saturated rings. The molecular weight excluding hydrogens is 471 g/mol. The lowest BCUT2D eigenvalue weighted by Crippen LogP contribution is -2.51. The molecule has 0 saturated carbocycles. The van der Waals surface area contributed by atoms with Gasteiger partial charge in [0.25, 0.3) is 5.91 Å². The number of hydrogen-bond acceptors (Lipinski definition) is 7. The zero-order valence-electron chi connectivity index (χ0n) is 20.0. The van der Waals surface area contributed by atoms with Crippen LogP contribution in [0.2, 0.25) is 0 Å². The van der Waals surface area contributed by atoms with E-state index in [-0.39, 0.29) is 12.3 Å². The number of rotatable bonds is 11. The number of aliphatic carboxylic acids is 2. The molecule has 0 aromatic heterocycles. The predicted octanol–water partition coefficient (Wildman–Crippen LogP) is 1.36. The molecule has 0 aliphatic carbocycles. The van der Waals surface area contributed by atoms with Crippen LogP contribution in [0.1, 0.15) is 43.5 Å². The Morgan fingerprint density at radius 2 is 1.47 bits per heavy atom. The van der Waals surface area contributed by atoms with E-state index in [2.05, 4.69) is 10.6 Å². The van der Waals surface area contributed by atoms with Gasteiger partial charge in [-0.05, 0) is 24.5 Å². The molecule has 0 spiro atoms. The first-order valence-electron chi connectivity index (χ1n) is 11.3. The van der Waals surface area contributed by atoms with Crippen LogP contribution in [0.15, 0.2) is 54.6 Å². The number of carboxylic acids is 2. The third kappa shape index (κ3) is 8.69. The molecule has 36 heavy (non-hydrogen) atoms. The molecule has 1 heterocycles. The van der Waals surface area contributed by atoms with Crippen LogP contribution in [0.5, 0.6) is 0 Å². The summed E-state index contributed by atoms with van der Waals surface area (Å²) in [5, 5.41) is 23.5. The van der Waals surface area contributed by atoms with E-state index < -0.39 is 67.8 Å². The van der Waals surface area contributed by atoms with Gasteiger partial charge in [0.05, 0.1) is 25.3 Å². The number of carbonyl (C=O) groups is 5. The molecule has 1 saturated heterocycles. The fourth-order valence-corrected chi connectivity index (χ4v) is 3.56. The summed E-state index contributed by atoms with van der Waals surface area (Å²) in [4.78, 5) is 60.1. The SMILES string of the molecule is CC(C)C[C@H](NC(=O)CNC(=O)c1ccccccccc1)B1OC(=O)C(CC(=O)O)(CC(=O)O)O1. The largest absolute Gasteiger partial charge is 0.552 e. The van der Waals surface area contributed by atoms with Crippen molar-refractivity contribution in [1.29, 1.82) is 0 Å². The van der Waals surface area contributed by atoms with Crippen molar-refractivity contribution in [1.82, 2.24) is 10.6 Å². The van der Waals surface area contributed by atoms with Gasteiger partial charge in [0.15, 0.2) is 5.60 Å². The molecule has 1 aromatic rings. The van der Waals surface area contributed by atoms with Crippen LogP contribution in [0.25, 0.3) is 0 Å². The first kappa shape index (κ1) is 28.3. The number of hydrogen-bond donors (Lipinski definition) is 4. The second kappa shape index (κ2) is 13.2. The van der Waals surface area contributed by atoms with E-state index in [4.69, 9.17) is 19.5 Å². The Kier molecular flexibility index (Phi) is 10.4. The summed E-state index contributed by atoms with van der Waals surface area (Å²) in [6, 6.07) is 15.5. The average Bonchev–Trinajstić information content (AvgIpc) is 3.09. The normalized spacial score (nSPS) is 14.9. The Bertz CT molecular complexity index is 1000. The van der Waals surface area contributed by atoms with Crippen molar-refractivity contribution in [2.75, 3.05) is 6.54 Å². The topological polar surface area (TPSA) is 168 Å². The fourth-order valence-electron chi connectivity index (χ4n) is 3.56. The maximum atomic E-state index is 12.6. The van der Waals surface area contributed by atoms with Gasteiger partial charge in [0, 0.05) is 5.56 Å². The van der Waals surface area contributed by atoms with Crippen molar-refractivity contribution < 1.29 is 43.5 Å². The molecule has 4 N–H and O–H groups in total. The second-order valence-electron chi connectivity index (χ2n) is 8.65. The van der Waals surface area contributed by atoms with Gasteiger partial charge in [-0.3, -0.25) is 24.0 Å². The van der Waals surface area contributed by atoms with E-state index in [0.29, 0.717) is 5.56 Å². The third-order valence-corrected chi connectivity index (χ3v) is 5.10. The van der Waals surface area contributed by atoms with Crippen LogP contribution in [0.4, 0.5) is 0 Å². The maximum absolute atomic E-state index is 12.6. The average molecular weight is 500 g/mol. The van der Waals surface area contributed by atoms with E-state index in [0.717, 1.165) is 0 Å². The van der Waals surface area contributed by atoms with Gasteiger partial charge in [-0.25, -0.2) is 0 Å². The molecule has 12 heteroatoms. The molecule has 0 bridgehead atoms. The number of nitrogens with one attached hydrogen (secondary N) is 2. The summed E-state index contributed by atoms with van der Waals surface area (Å²) in [6.07, 6.45) is -1.55. The third-order valence-electron chi connectivity index (χ3n) is 5.10. The zero-order chi connectivity index (χ0) is 26.7. The quantitative estimate of drug-likeness (QED) is 0.328. The summed E-state index contributed by atoms with van der Waals surface area (Å²) >= 11 is 0. The summed E-state index contributed by atoms with van der Waals surface area (Å²) in [5.41, 5.74) is -1.89. The minimum atomic E-state index is -2.21. The Balaban J connectivity index is 2.10. The Labute approximate surface area is 208 Å². The van der Waals surface area contributed by atoms with E-state index in [9.17, 15) is 24.0 Å². The van der Waals surface area contributed by atoms with Gasteiger partial charge in [-0.2, -0.15) is 0 Å². The zero-order valence-corrected chi connectivity index (χ0v) is 20.0. The van der Waals surface area contributed by atoms with Crippen molar-refractivity contribution in [2.24, 2.45) is 5.92 Å². The standard InChI is InChI=1S/C24H29BN2O9/c1-16(2)12-18(25-35-23(34)24(36-25,13-20(29)30)14-21(31)32)27-19(28)15-26-22(33)17-10-8-6-4-3-5-7-9-11-17/h3-11,16,18H,12-15H2,1-2H3,(H,26,33)(H,27,28)(H,29,30)(H,31,32)/t18-/m0/s1. The van der Waals surface area contributed by atoms with Gasteiger partial charge in [0.1, 0.15) is 0 Å². The monoisotopic (exact) mass is 500 g/mol. The molecular formula is C24H29BN2O9. The number of carbonyl (C=O) groups excluding carboxylic acids is 3. The van der Waals surface area contributed by atoms with Gasteiger partial charge < -0.3 is 30.2 Å². The van der Waals surface area contributed by atoms with Gasteiger partial charge in [-0.15, -0.1) is 0 Å². The molecule has 1 aliphatic rings. The Morgan fingerprint density at radius 3 is 1.97 bits per heavy atom. The van der Waals surface area contributed by atoms with Crippen LogP contribution >= 0.6 is 0 Å². The minimum absolute atomic E-state index is 0.00624. The van der Waals surface area contributed by atoms with E-state index in [1.165, 1.54) is 0 Å². The van der Waals surface area contributed by atoms with Crippen molar-refractivity contribution in [3.8, 4) is 0 Å². The van der Waals surface area contributed by atoms with E-state index in [1.54, 1.807) is 48.5 Å². The Hall–Kier alpha value is -3.93. The smallest absolute Gasteiger partial charge is 0.506 e. The van der Waals surface area contributed by atoms with Crippen LogP contribution in [0.3, 0.4) is 0 Å². The lowest BCUT2D eigenvalue weighted by molar-refractivity contribution is -0.157. The molecule has 0 radical (unpaired) electrons. The first-order chi connectivity index (χ1) is 17.0. The number of amides is 2. The lowest BCUT2D eigenvalue weighted by Gasteiger charge is -2.24. The van der Waals surface area contributed by atoms with Crippen molar-refractivity contribution in [2.45, 2.75) is 44.7 Å². The molecule has 0 unspecified atom stereocenters. The van der Waals surface area contributed by atoms with Crippen molar-refractivity contribution in [3.05, 3.63) is 60.2 Å². The first-order valence-corrected chi connectivity index (χ1v) is 11.3. The highest BCUT2D eigenvalue weighted by molar-refractivity contribution is 6.51. The molecule has 192 valence electrons. The van der Waals surface area contributed by atoms with Crippen molar-refractivity contribution >= 4 is 36.8 Å². The minimum Gasteiger partial charge on any atom is -0.506 e. The van der Waals surface area contributed by atoms with Crippen molar-refractivity contribution in [3.63, 3.8) is 0 Å². The highest BCUT2D eigenvalue weighted by Crippen LogP contribution is 2.32. The fraction of sp³-hybridized carbons (Fsp3) is 0.375. The highest BCUT2D eigenvalue weighted by Gasteiger charge is 2.57. The summed E-state index contributed by atoms with van der Waals surface area (Å²) in [7, 11) is -1.40. The molecule has 11 nitrogen and oxygen atoms in total. The van der Waals surface area contributed by atoms with Gasteiger partial charge in [-0.1, -0.05) is 56.3 Å². The van der Waals surface area contributed by atoms with Crippen LogP contribution in [0, 0.1) is 5.92 Å². The van der Waals surface area contributed by atoms with Crippen LogP contribution < -0.4 is 10.6 Å². The maximum Gasteiger partial charge on any atom is 0.552 e. The van der Waals surface area contributed by atoms with Crippen LogP contribution in [-0.2, 0) is 28.5 Å². The Morgan fingerprint density at radius 1 is 0.944 bits per heavy atom. The van der Waals surface area contributed by atoms with Gasteiger partial charge >= 0.3 is 25.0 Å². The molecule has 2 rings (SSSR count). The van der Waals surface area contributed by atoms with E-state index >= 15 is 0 Å². The molecule has 1 atom stereocenters. The van der Waals surface area contributed by atoms with Crippen LogP contribution in [-0.4, -0.2) is 65.1 Å². The summed E-state index contributed by atoms with van der Waals surface area (Å²) in [5.74, 6) is -6.01.